The van der Waals surface area contributed by atoms with Crippen molar-refractivity contribution in [2.45, 2.75) is 0 Å². The number of nitrogens with zero attached hydrogens (tertiary/aromatic N) is 4. The Balaban J connectivity index is 1.88. The standard InChI is InChI=1S/C18H12ClN5/c19-13-3-1-2-12(10-13)17-23-16-11-21-9-6-15(16)18(24-17)22-14-4-7-20-8-5-14/h1-11H,(H,20,22,23,24). The maximum atomic E-state index is 6.09. The van der Waals surface area contributed by atoms with Crippen LogP contribution >= 0.6 is 11.6 Å². The number of aromatic nitrogens is 4. The van der Waals surface area contributed by atoms with Gasteiger partial charge in [0.15, 0.2) is 5.82 Å². The number of rotatable bonds is 3. The largest absolute Gasteiger partial charge is 0.340 e. The highest BCUT2D eigenvalue weighted by Crippen LogP contribution is 2.27. The summed E-state index contributed by atoms with van der Waals surface area (Å²) < 4.78 is 0. The molecule has 0 aliphatic carbocycles. The molecule has 1 N–H and O–H groups in total. The smallest absolute Gasteiger partial charge is 0.162 e. The van der Waals surface area contributed by atoms with E-state index in [0.29, 0.717) is 16.7 Å². The maximum absolute atomic E-state index is 6.09. The Hall–Kier alpha value is -3.05. The Morgan fingerprint density at radius 2 is 1.71 bits per heavy atom. The Morgan fingerprint density at radius 1 is 0.875 bits per heavy atom. The lowest BCUT2D eigenvalue weighted by atomic mass is 10.2. The van der Waals surface area contributed by atoms with Crippen molar-refractivity contribution in [2.24, 2.45) is 0 Å². The van der Waals surface area contributed by atoms with Gasteiger partial charge in [-0.15, -0.1) is 0 Å². The third kappa shape index (κ3) is 2.89. The van der Waals surface area contributed by atoms with Gasteiger partial charge in [-0.2, -0.15) is 0 Å². The van der Waals surface area contributed by atoms with E-state index in [0.717, 1.165) is 22.2 Å². The molecule has 116 valence electrons. The Labute approximate surface area is 143 Å². The number of anilines is 2. The van der Waals surface area contributed by atoms with Crippen LogP contribution in [0.3, 0.4) is 0 Å². The van der Waals surface area contributed by atoms with Gasteiger partial charge < -0.3 is 5.32 Å². The van der Waals surface area contributed by atoms with Gasteiger partial charge in [-0.25, -0.2) is 9.97 Å². The number of hydrogen-bond donors (Lipinski definition) is 1. The average molecular weight is 334 g/mol. The quantitative estimate of drug-likeness (QED) is 0.598. The highest BCUT2D eigenvalue weighted by Gasteiger charge is 2.10. The summed E-state index contributed by atoms with van der Waals surface area (Å²) in [6, 6.07) is 13.1. The second-order valence-corrected chi connectivity index (χ2v) is 5.60. The van der Waals surface area contributed by atoms with Gasteiger partial charge in [-0.1, -0.05) is 23.7 Å². The molecule has 0 bridgehead atoms. The molecule has 1 aromatic carbocycles. The lowest BCUT2D eigenvalue weighted by Gasteiger charge is -2.10. The molecule has 4 rings (SSSR count). The second kappa shape index (κ2) is 6.22. The van der Waals surface area contributed by atoms with E-state index in [1.165, 1.54) is 0 Å². The highest BCUT2D eigenvalue weighted by molar-refractivity contribution is 6.30. The monoisotopic (exact) mass is 333 g/mol. The van der Waals surface area contributed by atoms with Crippen molar-refractivity contribution in [3.8, 4) is 11.4 Å². The van der Waals surface area contributed by atoms with E-state index < -0.39 is 0 Å². The number of pyridine rings is 2. The van der Waals surface area contributed by atoms with Crippen LogP contribution in [-0.2, 0) is 0 Å². The minimum Gasteiger partial charge on any atom is -0.340 e. The predicted octanol–water partition coefficient (Wildman–Crippen LogP) is 4.48. The van der Waals surface area contributed by atoms with E-state index in [1.807, 2.05) is 42.5 Å². The molecule has 4 aromatic rings. The van der Waals surface area contributed by atoms with Gasteiger partial charge >= 0.3 is 0 Å². The molecule has 6 heteroatoms. The van der Waals surface area contributed by atoms with Crippen molar-refractivity contribution in [1.82, 2.24) is 19.9 Å². The van der Waals surface area contributed by atoms with Crippen LogP contribution in [0.2, 0.25) is 5.02 Å². The Bertz CT molecular complexity index is 1000. The first-order valence-electron chi connectivity index (χ1n) is 7.34. The Kier molecular flexibility index (Phi) is 3.76. The maximum Gasteiger partial charge on any atom is 0.162 e. The van der Waals surface area contributed by atoms with Gasteiger partial charge in [0, 0.05) is 40.3 Å². The van der Waals surface area contributed by atoms with E-state index in [4.69, 9.17) is 11.6 Å². The molecule has 0 saturated heterocycles. The zero-order chi connectivity index (χ0) is 16.4. The van der Waals surface area contributed by atoms with Crippen molar-refractivity contribution < 1.29 is 0 Å². The number of nitrogens with one attached hydrogen (secondary N) is 1. The normalized spacial score (nSPS) is 10.7. The van der Waals surface area contributed by atoms with Crippen LogP contribution in [0.25, 0.3) is 22.3 Å². The molecular formula is C18H12ClN5. The topological polar surface area (TPSA) is 63.6 Å². The first-order valence-corrected chi connectivity index (χ1v) is 7.72. The van der Waals surface area contributed by atoms with Crippen molar-refractivity contribution in [3.05, 3.63) is 72.3 Å². The van der Waals surface area contributed by atoms with E-state index in [1.54, 1.807) is 24.8 Å². The molecule has 0 amide bonds. The molecule has 0 fully saturated rings. The minimum atomic E-state index is 0.592. The summed E-state index contributed by atoms with van der Waals surface area (Å²) in [5, 5.41) is 4.86. The minimum absolute atomic E-state index is 0.592. The summed E-state index contributed by atoms with van der Waals surface area (Å²) in [5.74, 6) is 1.30. The van der Waals surface area contributed by atoms with Crippen LogP contribution in [0.15, 0.2) is 67.3 Å². The fourth-order valence-corrected chi connectivity index (χ4v) is 2.59. The van der Waals surface area contributed by atoms with E-state index in [2.05, 4.69) is 25.3 Å². The highest BCUT2D eigenvalue weighted by atomic mass is 35.5. The van der Waals surface area contributed by atoms with Crippen molar-refractivity contribution in [1.29, 1.82) is 0 Å². The number of halogens is 1. The van der Waals surface area contributed by atoms with Gasteiger partial charge in [-0.05, 0) is 30.3 Å². The predicted molar refractivity (Wildman–Crippen MR) is 95.3 cm³/mol. The van der Waals surface area contributed by atoms with Crippen LogP contribution < -0.4 is 5.32 Å². The number of benzene rings is 1. The number of fused-ring (bicyclic) bond motifs is 1. The van der Waals surface area contributed by atoms with Gasteiger partial charge in [0.1, 0.15) is 5.82 Å². The summed E-state index contributed by atoms with van der Waals surface area (Å²) in [4.78, 5) is 17.5. The first-order chi connectivity index (χ1) is 11.8. The average Bonchev–Trinajstić information content (AvgIpc) is 2.62. The third-order valence-electron chi connectivity index (χ3n) is 3.53. The van der Waals surface area contributed by atoms with E-state index in [-0.39, 0.29) is 0 Å². The fourth-order valence-electron chi connectivity index (χ4n) is 2.40. The molecule has 0 saturated carbocycles. The molecule has 0 unspecified atom stereocenters. The lowest BCUT2D eigenvalue weighted by Crippen LogP contribution is -1.99. The fraction of sp³-hybridized carbons (Fsp3) is 0. The van der Waals surface area contributed by atoms with E-state index >= 15 is 0 Å². The lowest BCUT2D eigenvalue weighted by molar-refractivity contribution is 1.20. The zero-order valence-corrected chi connectivity index (χ0v) is 13.3. The second-order valence-electron chi connectivity index (χ2n) is 5.16. The van der Waals surface area contributed by atoms with Crippen molar-refractivity contribution in [3.63, 3.8) is 0 Å². The summed E-state index contributed by atoms with van der Waals surface area (Å²) in [5.41, 5.74) is 2.52. The van der Waals surface area contributed by atoms with Gasteiger partial charge in [-0.3, -0.25) is 9.97 Å². The molecule has 5 nitrogen and oxygen atoms in total. The van der Waals surface area contributed by atoms with Gasteiger partial charge in [0.05, 0.1) is 11.7 Å². The summed E-state index contributed by atoms with van der Waals surface area (Å²) >= 11 is 6.09. The van der Waals surface area contributed by atoms with Crippen LogP contribution in [0, 0.1) is 0 Å². The van der Waals surface area contributed by atoms with Crippen LogP contribution in [0.5, 0.6) is 0 Å². The third-order valence-corrected chi connectivity index (χ3v) is 3.76. The molecule has 0 aliphatic heterocycles. The van der Waals surface area contributed by atoms with Gasteiger partial charge in [0.2, 0.25) is 0 Å². The Morgan fingerprint density at radius 3 is 2.54 bits per heavy atom. The van der Waals surface area contributed by atoms with Crippen LogP contribution in [-0.4, -0.2) is 19.9 Å². The molecule has 3 aromatic heterocycles. The molecule has 0 spiro atoms. The molecule has 24 heavy (non-hydrogen) atoms. The summed E-state index contributed by atoms with van der Waals surface area (Å²) in [7, 11) is 0. The number of hydrogen-bond acceptors (Lipinski definition) is 5. The molecule has 0 atom stereocenters. The summed E-state index contributed by atoms with van der Waals surface area (Å²) in [6.45, 7) is 0. The van der Waals surface area contributed by atoms with E-state index in [9.17, 15) is 0 Å². The SMILES string of the molecule is Clc1cccc(-c2nc(Nc3ccncc3)c3ccncc3n2)c1. The van der Waals surface area contributed by atoms with Crippen molar-refractivity contribution in [2.75, 3.05) is 5.32 Å². The molecule has 3 heterocycles. The van der Waals surface area contributed by atoms with Crippen LogP contribution in [0.1, 0.15) is 0 Å². The molecule has 0 radical (unpaired) electrons. The van der Waals surface area contributed by atoms with Crippen molar-refractivity contribution >= 4 is 34.0 Å². The van der Waals surface area contributed by atoms with Crippen LogP contribution in [0.4, 0.5) is 11.5 Å². The first kappa shape index (κ1) is 14.5. The zero-order valence-electron chi connectivity index (χ0n) is 12.5. The summed E-state index contributed by atoms with van der Waals surface area (Å²) in [6.07, 6.45) is 6.90. The molecule has 0 aliphatic rings. The van der Waals surface area contributed by atoms with Gasteiger partial charge in [0.25, 0.3) is 0 Å². The molecular weight excluding hydrogens is 322 g/mol.